The highest BCUT2D eigenvalue weighted by Crippen LogP contribution is 2.54. The van der Waals surface area contributed by atoms with Gasteiger partial charge >= 0.3 is 11.0 Å². The van der Waals surface area contributed by atoms with Crippen molar-refractivity contribution in [3.63, 3.8) is 0 Å². The smallest absolute Gasteiger partial charge is 0.324 e. The molecule has 2 aliphatic rings. The van der Waals surface area contributed by atoms with Crippen molar-refractivity contribution in [2.45, 2.75) is 35.8 Å². The zero-order chi connectivity index (χ0) is 30.6. The molecule has 3 amide bonds. The fourth-order valence-corrected chi connectivity index (χ4v) is 8.38. The van der Waals surface area contributed by atoms with E-state index in [1.54, 1.807) is 36.4 Å². The number of carbonyl (C=O) groups is 3. The van der Waals surface area contributed by atoms with Gasteiger partial charge in [-0.05, 0) is 48.4 Å². The van der Waals surface area contributed by atoms with E-state index < -0.39 is 57.1 Å². The molecule has 1 aromatic heterocycles. The molecule has 2 unspecified atom stereocenters. The topological polar surface area (TPSA) is 88.5 Å². The number of hydrogen-bond acceptors (Lipinski definition) is 6. The Morgan fingerprint density at radius 2 is 1.63 bits per heavy atom. The summed E-state index contributed by atoms with van der Waals surface area (Å²) in [5.41, 5.74) is 0.304. The van der Waals surface area contributed by atoms with Gasteiger partial charge in [0.05, 0.1) is 22.2 Å². The van der Waals surface area contributed by atoms with Gasteiger partial charge in [-0.15, -0.1) is 0 Å². The minimum atomic E-state index is -4.81. The van der Waals surface area contributed by atoms with Crippen molar-refractivity contribution in [2.75, 3.05) is 10.2 Å². The number of benzene rings is 3. The number of aryl methyl sites for hydroxylation is 1. The maximum absolute atomic E-state index is 13.9. The second kappa shape index (κ2) is 11.0. The number of nitrogens with one attached hydrogen (secondary N) is 1. The highest BCUT2D eigenvalue weighted by atomic mass is 35.5. The van der Waals surface area contributed by atoms with Crippen LogP contribution in [0, 0.1) is 12.8 Å². The summed E-state index contributed by atoms with van der Waals surface area (Å²) in [4.78, 5) is 54.7. The van der Waals surface area contributed by atoms with E-state index in [9.17, 15) is 32.3 Å². The molecule has 0 radical (unpaired) electrons. The number of imide groups is 1. The van der Waals surface area contributed by atoms with E-state index in [-0.39, 0.29) is 6.54 Å². The lowest BCUT2D eigenvalue weighted by Crippen LogP contribution is -2.33. The lowest BCUT2D eigenvalue weighted by atomic mass is 9.83. The van der Waals surface area contributed by atoms with Crippen LogP contribution in [0.2, 0.25) is 5.02 Å². The Morgan fingerprint density at radius 1 is 0.953 bits per heavy atom. The molecule has 1 fully saturated rings. The first-order valence-electron chi connectivity index (χ1n) is 13.0. The number of fused-ring (bicyclic) bond motifs is 2. The number of rotatable bonds is 5. The van der Waals surface area contributed by atoms with Gasteiger partial charge in [0.2, 0.25) is 17.7 Å². The Labute approximate surface area is 256 Å². The summed E-state index contributed by atoms with van der Waals surface area (Å²) in [7, 11) is 0. The van der Waals surface area contributed by atoms with Crippen molar-refractivity contribution >= 4 is 63.8 Å². The van der Waals surface area contributed by atoms with Gasteiger partial charge in [0.15, 0.2) is 0 Å². The van der Waals surface area contributed by atoms with Crippen molar-refractivity contribution in [3.05, 3.63) is 109 Å². The predicted molar refractivity (Wildman–Crippen MR) is 159 cm³/mol. The number of thiazole rings is 1. The van der Waals surface area contributed by atoms with Crippen LogP contribution in [-0.2, 0) is 27.1 Å². The van der Waals surface area contributed by atoms with Gasteiger partial charge < -0.3 is 5.32 Å². The van der Waals surface area contributed by atoms with E-state index in [4.69, 9.17) is 11.6 Å². The lowest BCUT2D eigenvalue weighted by Gasteiger charge is -2.30. The zero-order valence-electron chi connectivity index (χ0n) is 22.2. The Balaban J connectivity index is 1.44. The fourth-order valence-electron chi connectivity index (χ4n) is 5.48. The summed E-state index contributed by atoms with van der Waals surface area (Å²) in [6.07, 6.45) is -4.81. The van der Waals surface area contributed by atoms with Crippen LogP contribution in [0.15, 0.2) is 82.6 Å². The van der Waals surface area contributed by atoms with E-state index in [1.807, 2.05) is 19.1 Å². The summed E-state index contributed by atoms with van der Waals surface area (Å²) in [6.45, 7) is 1.46. The molecule has 3 atom stereocenters. The van der Waals surface area contributed by atoms with Gasteiger partial charge in [-0.1, -0.05) is 77.2 Å². The number of anilines is 2. The maximum Gasteiger partial charge on any atom is 0.418 e. The molecule has 6 rings (SSSR count). The third-order valence-corrected chi connectivity index (χ3v) is 10.3. The number of para-hydroxylation sites is 2. The number of amides is 3. The largest absolute Gasteiger partial charge is 0.418 e. The third kappa shape index (κ3) is 5.17. The SMILES string of the molecule is Cc1ccccc1NC(=O)Cn1c2c(sc1=O)[C@H](c1ccc(Cl)cc1)C1C(=O)N(c3ccccc3C(F)(F)F)C(=O)C1S2. The second-order valence-corrected chi connectivity index (χ2v) is 12.7. The molecule has 7 nitrogen and oxygen atoms in total. The number of alkyl halides is 3. The molecular weight excluding hydrogens is 623 g/mol. The Hall–Kier alpha value is -3.87. The van der Waals surface area contributed by atoms with Crippen molar-refractivity contribution < 1.29 is 27.6 Å². The van der Waals surface area contributed by atoms with Gasteiger partial charge in [-0.3, -0.25) is 23.7 Å². The van der Waals surface area contributed by atoms with Gasteiger partial charge in [0.25, 0.3) is 0 Å². The number of halogens is 4. The van der Waals surface area contributed by atoms with E-state index >= 15 is 0 Å². The molecule has 43 heavy (non-hydrogen) atoms. The number of hydrogen-bond donors (Lipinski definition) is 1. The average molecular weight is 644 g/mol. The fraction of sp³-hybridized carbons (Fsp3) is 0.200. The first kappa shape index (κ1) is 29.2. The highest BCUT2D eigenvalue weighted by Gasteiger charge is 2.57. The van der Waals surface area contributed by atoms with Crippen molar-refractivity contribution in [3.8, 4) is 0 Å². The summed E-state index contributed by atoms with van der Waals surface area (Å²) in [6, 6.07) is 18.1. The molecule has 0 bridgehead atoms. The van der Waals surface area contributed by atoms with Gasteiger partial charge in [-0.25, -0.2) is 4.90 Å². The van der Waals surface area contributed by atoms with Crippen molar-refractivity contribution in [2.24, 2.45) is 5.92 Å². The third-order valence-electron chi connectivity index (χ3n) is 7.45. The van der Waals surface area contributed by atoms with Crippen molar-refractivity contribution in [1.29, 1.82) is 0 Å². The van der Waals surface area contributed by atoms with Crippen LogP contribution in [0.5, 0.6) is 0 Å². The number of thioether (sulfide) groups is 1. The van der Waals surface area contributed by atoms with Crippen LogP contribution >= 0.6 is 34.7 Å². The molecule has 4 aromatic rings. The molecule has 1 N–H and O–H groups in total. The first-order chi connectivity index (χ1) is 20.5. The van der Waals surface area contributed by atoms with Crippen LogP contribution in [0.3, 0.4) is 0 Å². The minimum absolute atomic E-state index is 0.322. The molecule has 1 saturated heterocycles. The van der Waals surface area contributed by atoms with Crippen LogP contribution in [0.4, 0.5) is 24.5 Å². The molecule has 0 aliphatic carbocycles. The zero-order valence-corrected chi connectivity index (χ0v) is 24.6. The van der Waals surface area contributed by atoms with E-state index in [1.165, 1.54) is 16.7 Å². The number of nitrogens with zero attached hydrogens (tertiary/aromatic N) is 2. The number of aromatic nitrogens is 1. The van der Waals surface area contributed by atoms with Gasteiger partial charge in [0.1, 0.15) is 11.8 Å². The summed E-state index contributed by atoms with van der Waals surface area (Å²) in [5.74, 6) is -4.03. The van der Waals surface area contributed by atoms with E-state index in [0.717, 1.165) is 40.8 Å². The monoisotopic (exact) mass is 643 g/mol. The maximum atomic E-state index is 13.9. The van der Waals surface area contributed by atoms with Gasteiger partial charge in [0, 0.05) is 21.5 Å². The molecule has 3 heterocycles. The standard InChI is InChI=1S/C30H21ClF3N3O4S2/c1-15-6-2-4-8-19(15)35-21(38)14-36-28-25(43-29(36)41)22(16-10-12-17(31)13-11-16)23-24(42-28)27(40)37(26(23)39)20-9-5-3-7-18(20)30(32,33)34/h2-13,22-24H,14H2,1H3,(H,35,38)/t22-,23?,24?/m1/s1. The van der Waals surface area contributed by atoms with Gasteiger partial charge in [-0.2, -0.15) is 13.2 Å². The van der Waals surface area contributed by atoms with Crippen LogP contribution in [0.25, 0.3) is 0 Å². The number of carbonyl (C=O) groups excluding carboxylic acids is 3. The Morgan fingerprint density at radius 3 is 2.33 bits per heavy atom. The van der Waals surface area contributed by atoms with Crippen molar-refractivity contribution in [1.82, 2.24) is 4.57 Å². The predicted octanol–water partition coefficient (Wildman–Crippen LogP) is 6.32. The summed E-state index contributed by atoms with van der Waals surface area (Å²) < 4.78 is 43.0. The molecular formula is C30H21ClF3N3O4S2. The summed E-state index contributed by atoms with van der Waals surface area (Å²) in [5, 5.41) is 2.39. The highest BCUT2D eigenvalue weighted by molar-refractivity contribution is 8.00. The molecule has 0 saturated carbocycles. The second-order valence-electron chi connectivity index (χ2n) is 10.1. The lowest BCUT2D eigenvalue weighted by molar-refractivity contribution is -0.137. The average Bonchev–Trinajstić information content (AvgIpc) is 3.40. The van der Waals surface area contributed by atoms with E-state index in [2.05, 4.69) is 5.32 Å². The molecule has 3 aromatic carbocycles. The van der Waals surface area contributed by atoms with Crippen LogP contribution in [0.1, 0.15) is 27.5 Å². The first-order valence-corrected chi connectivity index (χ1v) is 15.1. The Kier molecular flexibility index (Phi) is 7.47. The molecule has 13 heteroatoms. The molecule has 220 valence electrons. The Bertz CT molecular complexity index is 1840. The quantitative estimate of drug-likeness (QED) is 0.257. The minimum Gasteiger partial charge on any atom is -0.324 e. The summed E-state index contributed by atoms with van der Waals surface area (Å²) >= 11 is 7.87. The molecule has 0 spiro atoms. The van der Waals surface area contributed by atoms with Crippen LogP contribution in [-0.4, -0.2) is 27.5 Å². The normalized spacial score (nSPS) is 19.7. The van der Waals surface area contributed by atoms with Crippen LogP contribution < -0.4 is 15.1 Å². The van der Waals surface area contributed by atoms with E-state index in [0.29, 0.717) is 31.1 Å². The molecule has 2 aliphatic heterocycles.